The molecule has 0 bridgehead atoms. The van der Waals surface area contributed by atoms with Crippen LogP contribution in [0.2, 0.25) is 0 Å². The molecule has 0 saturated heterocycles. The lowest BCUT2D eigenvalue weighted by Gasteiger charge is -2.23. The van der Waals surface area contributed by atoms with E-state index in [-0.39, 0.29) is 5.82 Å². The number of nitrogens with one attached hydrogen (secondary N) is 1. The number of unbranched alkanes of at least 4 members (excludes halogenated alkanes) is 1. The van der Waals surface area contributed by atoms with Gasteiger partial charge < -0.3 is 4.74 Å². The largest absolute Gasteiger partial charge is 0.493 e. The van der Waals surface area contributed by atoms with Crippen LogP contribution < -0.4 is 10.1 Å². The molecule has 1 saturated carbocycles. The van der Waals surface area contributed by atoms with E-state index in [1.54, 1.807) is 12.1 Å². The molecule has 0 aliphatic heterocycles. The van der Waals surface area contributed by atoms with E-state index >= 15 is 0 Å². The van der Waals surface area contributed by atoms with Gasteiger partial charge in [-0.2, -0.15) is 5.26 Å². The third-order valence-electron chi connectivity index (χ3n) is 3.48. The summed E-state index contributed by atoms with van der Waals surface area (Å²) in [4.78, 5) is 0. The van der Waals surface area contributed by atoms with E-state index < -0.39 is 5.54 Å². The minimum atomic E-state index is -0.431. The Morgan fingerprint density at radius 2 is 2.25 bits per heavy atom. The molecule has 0 amide bonds. The number of nitriles is 1. The van der Waals surface area contributed by atoms with Crippen molar-refractivity contribution >= 4 is 0 Å². The molecule has 1 aliphatic carbocycles. The third-order valence-corrected chi connectivity index (χ3v) is 3.48. The highest BCUT2D eigenvalue weighted by atomic mass is 19.1. The Kier molecular flexibility index (Phi) is 4.97. The molecule has 0 spiro atoms. The van der Waals surface area contributed by atoms with Crippen LogP contribution in [0.15, 0.2) is 24.3 Å². The molecule has 0 heterocycles. The van der Waals surface area contributed by atoms with Crippen LogP contribution in [-0.4, -0.2) is 18.2 Å². The van der Waals surface area contributed by atoms with Crippen LogP contribution in [0.3, 0.4) is 0 Å². The molecule has 1 aromatic carbocycles. The predicted octanol–water partition coefficient (Wildman–Crippen LogP) is 3.41. The van der Waals surface area contributed by atoms with Gasteiger partial charge in [0.25, 0.3) is 0 Å². The van der Waals surface area contributed by atoms with Gasteiger partial charge >= 0.3 is 0 Å². The monoisotopic (exact) mass is 276 g/mol. The van der Waals surface area contributed by atoms with Gasteiger partial charge in [0.15, 0.2) is 0 Å². The minimum Gasteiger partial charge on any atom is -0.493 e. The van der Waals surface area contributed by atoms with E-state index in [1.807, 2.05) is 6.92 Å². The molecule has 1 atom stereocenters. The summed E-state index contributed by atoms with van der Waals surface area (Å²) in [6.45, 7) is 2.51. The highest BCUT2D eigenvalue weighted by Gasteiger charge is 2.31. The summed E-state index contributed by atoms with van der Waals surface area (Å²) >= 11 is 0. The van der Waals surface area contributed by atoms with Gasteiger partial charge in [0, 0.05) is 12.1 Å². The van der Waals surface area contributed by atoms with Crippen LogP contribution in [0.25, 0.3) is 0 Å². The molecule has 2 rings (SSSR count). The third kappa shape index (κ3) is 4.82. The second kappa shape index (κ2) is 6.71. The number of nitrogens with zero attached hydrogens (tertiary/aromatic N) is 1. The zero-order valence-corrected chi connectivity index (χ0v) is 11.9. The average Bonchev–Trinajstić information content (AvgIpc) is 3.22. The molecule has 1 aliphatic rings. The Labute approximate surface area is 119 Å². The van der Waals surface area contributed by atoms with E-state index in [9.17, 15) is 9.65 Å². The van der Waals surface area contributed by atoms with Crippen molar-refractivity contribution in [3.05, 3.63) is 30.1 Å². The highest BCUT2D eigenvalue weighted by molar-refractivity contribution is 5.22. The number of halogens is 1. The summed E-state index contributed by atoms with van der Waals surface area (Å²) in [7, 11) is 0. The second-order valence-electron chi connectivity index (χ2n) is 5.63. The lowest BCUT2D eigenvalue weighted by atomic mass is 9.96. The first-order valence-electron chi connectivity index (χ1n) is 7.19. The molecule has 1 unspecified atom stereocenters. The zero-order chi connectivity index (χ0) is 14.4. The van der Waals surface area contributed by atoms with Gasteiger partial charge in [-0.25, -0.2) is 4.39 Å². The van der Waals surface area contributed by atoms with E-state index in [4.69, 9.17) is 4.74 Å². The zero-order valence-electron chi connectivity index (χ0n) is 11.9. The number of benzene rings is 1. The van der Waals surface area contributed by atoms with E-state index in [2.05, 4.69) is 11.4 Å². The van der Waals surface area contributed by atoms with Crippen LogP contribution >= 0.6 is 0 Å². The van der Waals surface area contributed by atoms with Crippen LogP contribution in [-0.2, 0) is 0 Å². The summed E-state index contributed by atoms with van der Waals surface area (Å²) in [5.74, 6) is 0.275. The Balaban J connectivity index is 1.64. The number of hydrogen-bond donors (Lipinski definition) is 1. The summed E-state index contributed by atoms with van der Waals surface area (Å²) in [5.41, 5.74) is -0.431. The Bertz CT molecular complexity index is 482. The molecule has 1 fully saturated rings. The van der Waals surface area contributed by atoms with Crippen LogP contribution in [0.1, 0.15) is 39.0 Å². The number of ether oxygens (including phenoxy) is 1. The van der Waals surface area contributed by atoms with Crippen LogP contribution in [0, 0.1) is 17.1 Å². The van der Waals surface area contributed by atoms with Crippen molar-refractivity contribution in [1.29, 1.82) is 5.26 Å². The van der Waals surface area contributed by atoms with Crippen molar-refractivity contribution in [2.45, 2.75) is 50.6 Å². The first kappa shape index (κ1) is 14.8. The maximum absolute atomic E-state index is 12.9. The highest BCUT2D eigenvalue weighted by Crippen LogP contribution is 2.24. The quantitative estimate of drug-likeness (QED) is 0.740. The van der Waals surface area contributed by atoms with Crippen molar-refractivity contribution in [1.82, 2.24) is 5.32 Å². The van der Waals surface area contributed by atoms with E-state index in [1.165, 1.54) is 25.0 Å². The van der Waals surface area contributed by atoms with Crippen LogP contribution in [0.4, 0.5) is 4.39 Å². The summed E-state index contributed by atoms with van der Waals surface area (Å²) in [6, 6.07) is 9.06. The number of rotatable bonds is 8. The van der Waals surface area contributed by atoms with Gasteiger partial charge in [0.2, 0.25) is 0 Å². The fourth-order valence-electron chi connectivity index (χ4n) is 2.17. The summed E-state index contributed by atoms with van der Waals surface area (Å²) < 4.78 is 18.4. The first-order valence-corrected chi connectivity index (χ1v) is 7.19. The second-order valence-corrected chi connectivity index (χ2v) is 5.63. The fourth-order valence-corrected chi connectivity index (χ4v) is 2.17. The lowest BCUT2D eigenvalue weighted by Crippen LogP contribution is -2.42. The normalized spacial score (nSPS) is 17.2. The summed E-state index contributed by atoms with van der Waals surface area (Å²) in [5, 5.41) is 12.6. The molecule has 108 valence electrons. The molecular weight excluding hydrogens is 255 g/mol. The molecule has 20 heavy (non-hydrogen) atoms. The summed E-state index contributed by atoms with van der Waals surface area (Å²) in [6.07, 6.45) is 4.95. The van der Waals surface area contributed by atoms with Gasteiger partial charge in [-0.3, -0.25) is 5.32 Å². The Morgan fingerprint density at radius 1 is 1.45 bits per heavy atom. The molecule has 1 aromatic rings. The maximum Gasteiger partial charge on any atom is 0.126 e. The minimum absolute atomic E-state index is 0.284. The predicted molar refractivity (Wildman–Crippen MR) is 75.9 cm³/mol. The molecule has 1 N–H and O–H groups in total. The molecule has 3 nitrogen and oxygen atoms in total. The topological polar surface area (TPSA) is 45.0 Å². The average molecular weight is 276 g/mol. The van der Waals surface area contributed by atoms with E-state index in [0.29, 0.717) is 18.4 Å². The van der Waals surface area contributed by atoms with Crippen molar-refractivity contribution in [3.63, 3.8) is 0 Å². The molecular formula is C16H21FN2O. The van der Waals surface area contributed by atoms with Gasteiger partial charge in [-0.05, 0) is 51.2 Å². The lowest BCUT2D eigenvalue weighted by molar-refractivity contribution is 0.293. The molecule has 0 aromatic heterocycles. The van der Waals surface area contributed by atoms with Crippen molar-refractivity contribution in [3.8, 4) is 11.8 Å². The van der Waals surface area contributed by atoms with Crippen molar-refractivity contribution in [2.75, 3.05) is 6.61 Å². The Morgan fingerprint density at radius 3 is 2.90 bits per heavy atom. The van der Waals surface area contributed by atoms with E-state index in [0.717, 1.165) is 19.3 Å². The van der Waals surface area contributed by atoms with Gasteiger partial charge in [0.1, 0.15) is 17.1 Å². The standard InChI is InChI=1S/C16H21FN2O/c1-16(12-18,19-14-7-8-14)9-2-3-10-20-15-6-4-5-13(17)11-15/h4-6,11,14,19H,2-3,7-10H2,1H3. The Hall–Kier alpha value is -1.60. The molecule has 4 heteroatoms. The van der Waals surface area contributed by atoms with Gasteiger partial charge in [-0.1, -0.05) is 6.07 Å². The smallest absolute Gasteiger partial charge is 0.126 e. The van der Waals surface area contributed by atoms with Crippen LogP contribution in [0.5, 0.6) is 5.75 Å². The van der Waals surface area contributed by atoms with Crippen molar-refractivity contribution in [2.24, 2.45) is 0 Å². The molecule has 0 radical (unpaired) electrons. The first-order chi connectivity index (χ1) is 9.61. The van der Waals surface area contributed by atoms with Crippen molar-refractivity contribution < 1.29 is 9.13 Å². The fraction of sp³-hybridized carbons (Fsp3) is 0.562. The number of hydrogen-bond acceptors (Lipinski definition) is 3. The van der Waals surface area contributed by atoms with Gasteiger partial charge in [-0.15, -0.1) is 0 Å². The van der Waals surface area contributed by atoms with Gasteiger partial charge in [0.05, 0.1) is 12.7 Å². The maximum atomic E-state index is 12.9. The SMILES string of the molecule is CC(C#N)(CCCCOc1cccc(F)c1)NC1CC1.